The molecule has 52 heavy (non-hydrogen) atoms. The number of aryl methyl sites for hydroxylation is 1. The number of pyridine rings is 1. The van der Waals surface area contributed by atoms with Crippen LogP contribution in [-0.4, -0.2) is 53.5 Å². The lowest BCUT2D eigenvalue weighted by Gasteiger charge is -2.34. The lowest BCUT2D eigenvalue weighted by Crippen LogP contribution is -2.47. The Balaban J connectivity index is 0.906. The van der Waals surface area contributed by atoms with Crippen LogP contribution in [0.25, 0.3) is 6.08 Å². The van der Waals surface area contributed by atoms with E-state index in [1.165, 1.54) is 16.7 Å². The Morgan fingerprint density at radius 3 is 2.23 bits per heavy atom. The maximum atomic E-state index is 13.0. The van der Waals surface area contributed by atoms with Gasteiger partial charge in [-0.05, 0) is 83.1 Å². The molecule has 0 spiro atoms. The molecule has 1 aliphatic heterocycles. The first-order valence-corrected chi connectivity index (χ1v) is 18.3. The first-order valence-electron chi connectivity index (χ1n) is 17.9. The zero-order valence-corrected chi connectivity index (χ0v) is 30.9. The van der Waals surface area contributed by atoms with E-state index in [0.717, 1.165) is 48.5 Å². The number of ether oxygens (including phenoxy) is 3. The van der Waals surface area contributed by atoms with Crippen LogP contribution < -0.4 is 14.2 Å². The molecule has 1 amide bonds. The Labute approximate surface area is 312 Å². The van der Waals surface area contributed by atoms with E-state index in [0.29, 0.717) is 54.6 Å². The molecule has 0 saturated carbocycles. The van der Waals surface area contributed by atoms with Gasteiger partial charge in [-0.2, -0.15) is 0 Å². The number of halogens is 1. The maximum Gasteiger partial charge on any atom is 0.246 e. The molecule has 2 heterocycles. The van der Waals surface area contributed by atoms with E-state index in [-0.39, 0.29) is 5.91 Å². The summed E-state index contributed by atoms with van der Waals surface area (Å²) in [5.41, 5.74) is 6.74. The van der Waals surface area contributed by atoms with Crippen LogP contribution in [0, 0.1) is 6.92 Å². The van der Waals surface area contributed by atoms with Gasteiger partial charge in [-0.3, -0.25) is 9.69 Å². The lowest BCUT2D eigenvalue weighted by molar-refractivity contribution is -0.127. The molecular formula is C44H46ClN3O4. The first-order chi connectivity index (χ1) is 25.3. The summed E-state index contributed by atoms with van der Waals surface area (Å²) in [7, 11) is 0. The monoisotopic (exact) mass is 715 g/mol. The topological polar surface area (TPSA) is 64.1 Å². The van der Waals surface area contributed by atoms with E-state index >= 15 is 0 Å². The molecule has 0 radical (unpaired) electrons. The predicted octanol–water partition coefficient (Wildman–Crippen LogP) is 9.52. The van der Waals surface area contributed by atoms with Crippen LogP contribution in [0.15, 0.2) is 115 Å². The smallest absolute Gasteiger partial charge is 0.246 e. The second-order valence-corrected chi connectivity index (χ2v) is 13.8. The molecular weight excluding hydrogens is 670 g/mol. The number of hydrogen-bond acceptors (Lipinski definition) is 6. The number of aromatic nitrogens is 1. The fourth-order valence-corrected chi connectivity index (χ4v) is 6.20. The number of benzene rings is 4. The Morgan fingerprint density at radius 1 is 0.827 bits per heavy atom. The predicted molar refractivity (Wildman–Crippen MR) is 208 cm³/mol. The highest BCUT2D eigenvalue weighted by molar-refractivity contribution is 6.31. The molecule has 0 aliphatic carbocycles. The van der Waals surface area contributed by atoms with E-state index in [9.17, 15) is 4.79 Å². The molecule has 5 aromatic rings. The number of nitrogens with zero attached hydrogens (tertiary/aromatic N) is 3. The van der Waals surface area contributed by atoms with Crippen molar-refractivity contribution < 1.29 is 19.0 Å². The highest BCUT2D eigenvalue weighted by Crippen LogP contribution is 2.26. The first kappa shape index (κ1) is 36.7. The summed E-state index contributed by atoms with van der Waals surface area (Å²) < 4.78 is 17.7. The maximum absolute atomic E-state index is 13.0. The number of piperazine rings is 1. The normalized spacial score (nSPS) is 13.4. The summed E-state index contributed by atoms with van der Waals surface area (Å²) in [5, 5.41) is 0.669. The van der Waals surface area contributed by atoms with Crippen molar-refractivity contribution in [3.8, 4) is 23.1 Å². The Bertz CT molecular complexity index is 1930. The van der Waals surface area contributed by atoms with Gasteiger partial charge < -0.3 is 19.1 Å². The highest BCUT2D eigenvalue weighted by Gasteiger charge is 2.20. The lowest BCUT2D eigenvalue weighted by atomic mass is 10.0. The van der Waals surface area contributed by atoms with Gasteiger partial charge in [-0.15, -0.1) is 0 Å². The zero-order chi connectivity index (χ0) is 36.3. The number of rotatable bonds is 14. The molecule has 4 aromatic carbocycles. The largest absolute Gasteiger partial charge is 0.493 e. The fourth-order valence-electron chi connectivity index (χ4n) is 6.01. The van der Waals surface area contributed by atoms with Crippen LogP contribution in [0.2, 0.25) is 5.02 Å². The molecule has 1 fully saturated rings. The van der Waals surface area contributed by atoms with Crippen molar-refractivity contribution >= 4 is 23.6 Å². The summed E-state index contributed by atoms with van der Waals surface area (Å²) in [5.74, 6) is 3.22. The second-order valence-electron chi connectivity index (χ2n) is 13.4. The third-order valence-corrected chi connectivity index (χ3v) is 9.62. The molecule has 0 atom stereocenters. The second kappa shape index (κ2) is 17.9. The van der Waals surface area contributed by atoms with Crippen molar-refractivity contribution in [2.75, 3.05) is 32.8 Å². The van der Waals surface area contributed by atoms with Gasteiger partial charge in [0.2, 0.25) is 11.8 Å². The van der Waals surface area contributed by atoms with E-state index in [1.54, 1.807) is 18.3 Å². The van der Waals surface area contributed by atoms with Gasteiger partial charge in [-0.1, -0.05) is 86.1 Å². The average molecular weight is 716 g/mol. The van der Waals surface area contributed by atoms with Crippen LogP contribution in [0.3, 0.4) is 0 Å². The van der Waals surface area contributed by atoms with Crippen LogP contribution in [0.4, 0.5) is 0 Å². The zero-order valence-electron chi connectivity index (χ0n) is 30.1. The van der Waals surface area contributed by atoms with Gasteiger partial charge in [0.15, 0.2) is 0 Å². The van der Waals surface area contributed by atoms with Gasteiger partial charge in [0.1, 0.15) is 23.9 Å². The van der Waals surface area contributed by atoms with E-state index in [4.69, 9.17) is 25.8 Å². The summed E-state index contributed by atoms with van der Waals surface area (Å²) in [6.45, 7) is 11.4. The molecule has 268 valence electrons. The van der Waals surface area contributed by atoms with Gasteiger partial charge >= 0.3 is 0 Å². The Morgan fingerprint density at radius 2 is 1.54 bits per heavy atom. The SMILES string of the molecule is Cc1cc(Oc2ccc(OCc3ccccc3Cl)cn2)ccc1C=CC(=O)N1CCN(Cc2ccc(CCOc3ccc(C(C)C)cc3)cc2)CC1. The van der Waals surface area contributed by atoms with Crippen LogP contribution in [0.5, 0.6) is 23.1 Å². The summed E-state index contributed by atoms with van der Waals surface area (Å²) >= 11 is 6.22. The molecule has 7 nitrogen and oxygen atoms in total. The van der Waals surface area contributed by atoms with Crippen LogP contribution in [0.1, 0.15) is 53.1 Å². The van der Waals surface area contributed by atoms with Gasteiger partial charge in [0, 0.05) is 61.9 Å². The Hall–Kier alpha value is -5.11. The third-order valence-electron chi connectivity index (χ3n) is 9.25. The number of amides is 1. The minimum Gasteiger partial charge on any atom is -0.493 e. The minimum absolute atomic E-state index is 0.0304. The van der Waals surface area contributed by atoms with Crippen molar-refractivity contribution in [2.24, 2.45) is 0 Å². The van der Waals surface area contributed by atoms with Crippen molar-refractivity contribution in [2.45, 2.75) is 46.3 Å². The van der Waals surface area contributed by atoms with Gasteiger partial charge in [-0.25, -0.2) is 4.98 Å². The van der Waals surface area contributed by atoms with Crippen molar-refractivity contribution in [3.63, 3.8) is 0 Å². The number of hydrogen-bond donors (Lipinski definition) is 0. The van der Waals surface area contributed by atoms with Crippen LogP contribution in [-0.2, 0) is 24.4 Å². The fraction of sp³-hybridized carbons (Fsp3) is 0.273. The van der Waals surface area contributed by atoms with Crippen molar-refractivity contribution in [3.05, 3.63) is 154 Å². The highest BCUT2D eigenvalue weighted by atomic mass is 35.5. The standard InChI is InChI=1S/C44H46ClN3O4/c1-32(2)36-12-16-39(17-13-36)50-27-22-34-8-10-35(11-9-34)30-47-23-25-48(26-24-47)44(49)21-15-37-14-18-40(28-33(37)3)52-43-20-19-41(29-46-43)51-31-38-6-4-5-7-42(38)45/h4-21,28-29,32H,22-27,30-31H2,1-3H3. The van der Waals surface area contributed by atoms with E-state index in [2.05, 4.69) is 72.3 Å². The summed E-state index contributed by atoms with van der Waals surface area (Å²) in [6.07, 6.45) is 6.05. The molecule has 1 saturated heterocycles. The Kier molecular flexibility index (Phi) is 12.6. The minimum atomic E-state index is 0.0304. The molecule has 0 N–H and O–H groups in total. The summed E-state index contributed by atoms with van der Waals surface area (Å²) in [6, 6.07) is 34.2. The summed E-state index contributed by atoms with van der Waals surface area (Å²) in [4.78, 5) is 21.8. The molecule has 1 aliphatic rings. The van der Waals surface area contributed by atoms with Crippen molar-refractivity contribution in [1.29, 1.82) is 0 Å². The molecule has 6 rings (SSSR count). The van der Waals surface area contributed by atoms with Crippen molar-refractivity contribution in [1.82, 2.24) is 14.8 Å². The van der Waals surface area contributed by atoms with E-state index < -0.39 is 0 Å². The number of carbonyl (C=O) groups is 1. The average Bonchev–Trinajstić information content (AvgIpc) is 3.16. The number of carbonyl (C=O) groups excluding carboxylic acids is 1. The van der Waals surface area contributed by atoms with Gasteiger partial charge in [0.05, 0.1) is 12.8 Å². The molecule has 0 unspecified atom stereocenters. The molecule has 0 bridgehead atoms. The molecule has 8 heteroatoms. The van der Waals surface area contributed by atoms with Gasteiger partial charge in [0.25, 0.3) is 0 Å². The van der Waals surface area contributed by atoms with E-state index in [1.807, 2.05) is 66.4 Å². The molecule has 1 aromatic heterocycles. The van der Waals surface area contributed by atoms with Crippen LogP contribution >= 0.6 is 11.6 Å². The quantitative estimate of drug-likeness (QED) is 0.107. The third kappa shape index (κ3) is 10.5.